The fraction of sp³-hybridized carbons (Fsp3) is 0.250. The average Bonchev–Trinajstić information content (AvgIpc) is 2.43. The van der Waals surface area contributed by atoms with Crippen LogP contribution in [0.5, 0.6) is 0 Å². The van der Waals surface area contributed by atoms with Gasteiger partial charge < -0.3 is 5.32 Å². The van der Waals surface area contributed by atoms with E-state index in [0.29, 0.717) is 6.54 Å². The lowest BCUT2D eigenvalue weighted by atomic mass is 9.98. The number of hydrogen-bond donors (Lipinski definition) is 1. The van der Waals surface area contributed by atoms with Crippen molar-refractivity contribution in [3.05, 3.63) is 71.0 Å². The fourth-order valence-electron chi connectivity index (χ4n) is 2.20. The smallest absolute Gasteiger partial charge is 0.162 e. The normalized spacial score (nSPS) is 12.4. The van der Waals surface area contributed by atoms with Crippen LogP contribution in [0, 0.1) is 17.5 Å². The number of nitrogens with one attached hydrogen (secondary N) is 1. The number of halogens is 3. The van der Waals surface area contributed by atoms with Crippen molar-refractivity contribution in [2.24, 2.45) is 0 Å². The Labute approximate surface area is 116 Å². The van der Waals surface area contributed by atoms with Gasteiger partial charge in [0.15, 0.2) is 11.6 Å². The highest BCUT2D eigenvalue weighted by Gasteiger charge is 2.16. The first-order valence-corrected chi connectivity index (χ1v) is 6.53. The van der Waals surface area contributed by atoms with Crippen LogP contribution in [0.25, 0.3) is 0 Å². The monoisotopic (exact) mass is 279 g/mol. The molecule has 0 aliphatic rings. The lowest BCUT2D eigenvalue weighted by Crippen LogP contribution is -2.23. The molecule has 0 heterocycles. The molecule has 1 atom stereocenters. The number of rotatable bonds is 5. The van der Waals surface area contributed by atoms with E-state index in [4.69, 9.17) is 0 Å². The molecule has 0 bridgehead atoms. The van der Waals surface area contributed by atoms with Crippen LogP contribution >= 0.6 is 0 Å². The van der Waals surface area contributed by atoms with E-state index in [1.807, 2.05) is 6.92 Å². The van der Waals surface area contributed by atoms with E-state index in [1.54, 1.807) is 18.2 Å². The number of likely N-dealkylation sites (N-methyl/N-ethyl adjacent to an activating group) is 1. The van der Waals surface area contributed by atoms with Crippen LogP contribution in [0.2, 0.25) is 0 Å². The Hall–Kier alpha value is -1.81. The third-order valence-electron chi connectivity index (χ3n) is 3.16. The van der Waals surface area contributed by atoms with Crippen LogP contribution in [-0.4, -0.2) is 6.54 Å². The molecule has 106 valence electrons. The summed E-state index contributed by atoms with van der Waals surface area (Å²) in [5, 5.41) is 3.17. The quantitative estimate of drug-likeness (QED) is 0.872. The SMILES string of the molecule is CCNC(Cc1cccc(F)c1F)c1cccc(F)c1. The summed E-state index contributed by atoms with van der Waals surface area (Å²) in [6, 6.07) is 9.99. The first-order valence-electron chi connectivity index (χ1n) is 6.53. The molecule has 1 unspecified atom stereocenters. The largest absolute Gasteiger partial charge is 0.310 e. The van der Waals surface area contributed by atoms with Crippen molar-refractivity contribution in [1.29, 1.82) is 0 Å². The Morgan fingerprint density at radius 2 is 1.80 bits per heavy atom. The summed E-state index contributed by atoms with van der Waals surface area (Å²) in [5.41, 5.74) is 0.996. The van der Waals surface area contributed by atoms with Crippen molar-refractivity contribution >= 4 is 0 Å². The van der Waals surface area contributed by atoms with E-state index in [0.717, 1.165) is 11.6 Å². The molecule has 2 rings (SSSR count). The molecule has 0 saturated carbocycles. The van der Waals surface area contributed by atoms with Crippen molar-refractivity contribution in [1.82, 2.24) is 5.32 Å². The minimum Gasteiger partial charge on any atom is -0.310 e. The standard InChI is InChI=1S/C16H16F3N/c1-2-20-15(11-5-3-7-13(17)9-11)10-12-6-4-8-14(18)16(12)19/h3-9,15,20H,2,10H2,1H3. The molecule has 2 aromatic rings. The molecule has 0 aliphatic heterocycles. The molecule has 4 heteroatoms. The maximum absolute atomic E-state index is 13.7. The first-order chi connectivity index (χ1) is 9.61. The second-order valence-corrected chi connectivity index (χ2v) is 4.58. The second-order valence-electron chi connectivity index (χ2n) is 4.58. The van der Waals surface area contributed by atoms with Gasteiger partial charge in [-0.2, -0.15) is 0 Å². The molecule has 1 N–H and O–H groups in total. The van der Waals surface area contributed by atoms with Crippen molar-refractivity contribution in [3.63, 3.8) is 0 Å². The van der Waals surface area contributed by atoms with Crippen molar-refractivity contribution < 1.29 is 13.2 Å². The summed E-state index contributed by atoms with van der Waals surface area (Å²) in [6.45, 7) is 2.56. The summed E-state index contributed by atoms with van der Waals surface area (Å²) >= 11 is 0. The highest BCUT2D eigenvalue weighted by atomic mass is 19.2. The molecule has 0 radical (unpaired) electrons. The molecular weight excluding hydrogens is 263 g/mol. The van der Waals surface area contributed by atoms with Crippen LogP contribution in [0.1, 0.15) is 24.1 Å². The van der Waals surface area contributed by atoms with Crippen LogP contribution in [-0.2, 0) is 6.42 Å². The lowest BCUT2D eigenvalue weighted by Gasteiger charge is -2.19. The highest BCUT2D eigenvalue weighted by Crippen LogP contribution is 2.22. The Balaban J connectivity index is 2.28. The minimum absolute atomic E-state index is 0.257. The fourth-order valence-corrected chi connectivity index (χ4v) is 2.20. The summed E-state index contributed by atoms with van der Waals surface area (Å²) in [4.78, 5) is 0. The van der Waals surface area contributed by atoms with Gasteiger partial charge in [-0.1, -0.05) is 31.2 Å². The van der Waals surface area contributed by atoms with Gasteiger partial charge >= 0.3 is 0 Å². The summed E-state index contributed by atoms with van der Waals surface area (Å²) in [6.07, 6.45) is 0.265. The molecule has 1 nitrogen and oxygen atoms in total. The minimum atomic E-state index is -0.864. The van der Waals surface area contributed by atoms with Crippen molar-refractivity contribution in [2.75, 3.05) is 6.54 Å². The predicted molar refractivity (Wildman–Crippen MR) is 72.9 cm³/mol. The topological polar surface area (TPSA) is 12.0 Å². The van der Waals surface area contributed by atoms with E-state index in [1.165, 1.54) is 18.2 Å². The lowest BCUT2D eigenvalue weighted by molar-refractivity contribution is 0.480. The molecule has 0 aromatic heterocycles. The molecule has 20 heavy (non-hydrogen) atoms. The van der Waals surface area contributed by atoms with E-state index < -0.39 is 11.6 Å². The van der Waals surface area contributed by atoms with Gasteiger partial charge in [0.25, 0.3) is 0 Å². The van der Waals surface area contributed by atoms with Gasteiger partial charge in [-0.15, -0.1) is 0 Å². The Morgan fingerprint density at radius 1 is 1.05 bits per heavy atom. The Bertz CT molecular complexity index is 584. The zero-order valence-electron chi connectivity index (χ0n) is 11.2. The average molecular weight is 279 g/mol. The number of hydrogen-bond acceptors (Lipinski definition) is 1. The summed E-state index contributed by atoms with van der Waals surface area (Å²) in [5.74, 6) is -2.05. The predicted octanol–water partition coefficient (Wildman–Crippen LogP) is 4.00. The van der Waals surface area contributed by atoms with Crippen LogP contribution < -0.4 is 5.32 Å². The summed E-state index contributed by atoms with van der Waals surface area (Å²) < 4.78 is 40.2. The Kier molecular flexibility index (Phi) is 4.79. The van der Waals surface area contributed by atoms with Crippen molar-refractivity contribution in [3.8, 4) is 0 Å². The van der Waals surface area contributed by atoms with Gasteiger partial charge in [0.05, 0.1) is 0 Å². The number of benzene rings is 2. The molecule has 0 aliphatic carbocycles. The third-order valence-corrected chi connectivity index (χ3v) is 3.16. The second kappa shape index (κ2) is 6.57. The van der Waals surface area contributed by atoms with Crippen LogP contribution in [0.3, 0.4) is 0 Å². The molecule has 2 aromatic carbocycles. The first kappa shape index (κ1) is 14.6. The maximum atomic E-state index is 13.7. The molecule has 0 saturated heterocycles. The van der Waals surface area contributed by atoms with E-state index in [-0.39, 0.29) is 23.8 Å². The Morgan fingerprint density at radius 3 is 2.50 bits per heavy atom. The van der Waals surface area contributed by atoms with E-state index in [2.05, 4.69) is 5.32 Å². The third kappa shape index (κ3) is 3.39. The van der Waals surface area contributed by atoms with Gasteiger partial charge in [-0.05, 0) is 42.3 Å². The van der Waals surface area contributed by atoms with Gasteiger partial charge in [-0.25, -0.2) is 13.2 Å². The van der Waals surface area contributed by atoms with Gasteiger partial charge in [0, 0.05) is 6.04 Å². The highest BCUT2D eigenvalue weighted by molar-refractivity contribution is 5.25. The molecule has 0 fully saturated rings. The van der Waals surface area contributed by atoms with Gasteiger partial charge in [-0.3, -0.25) is 0 Å². The van der Waals surface area contributed by atoms with Gasteiger partial charge in [0.1, 0.15) is 5.82 Å². The van der Waals surface area contributed by atoms with E-state index >= 15 is 0 Å². The molecule has 0 amide bonds. The molecule has 0 spiro atoms. The van der Waals surface area contributed by atoms with Crippen LogP contribution in [0.4, 0.5) is 13.2 Å². The zero-order chi connectivity index (χ0) is 14.5. The van der Waals surface area contributed by atoms with Crippen LogP contribution in [0.15, 0.2) is 42.5 Å². The zero-order valence-corrected chi connectivity index (χ0v) is 11.2. The van der Waals surface area contributed by atoms with Gasteiger partial charge in [0.2, 0.25) is 0 Å². The van der Waals surface area contributed by atoms with Crippen molar-refractivity contribution in [2.45, 2.75) is 19.4 Å². The van der Waals surface area contributed by atoms with E-state index in [9.17, 15) is 13.2 Å². The molecular formula is C16H16F3N. The maximum Gasteiger partial charge on any atom is 0.162 e. The summed E-state index contributed by atoms with van der Waals surface area (Å²) in [7, 11) is 0.